The number of hydrogen-bond donors (Lipinski definition) is 0. The predicted octanol–water partition coefficient (Wildman–Crippen LogP) is 2.24. The van der Waals surface area contributed by atoms with E-state index in [-0.39, 0.29) is 11.2 Å². The molecule has 0 amide bonds. The molecule has 0 N–H and O–H groups in total. The molecule has 2 heterocycles. The van der Waals surface area contributed by atoms with E-state index in [0.717, 1.165) is 11.0 Å². The van der Waals surface area contributed by atoms with Gasteiger partial charge in [-0.05, 0) is 40.2 Å². The van der Waals surface area contributed by atoms with Crippen molar-refractivity contribution in [2.24, 2.45) is 0 Å². The van der Waals surface area contributed by atoms with E-state index in [1.54, 1.807) is 6.20 Å². The Morgan fingerprint density at radius 2 is 1.78 bits per heavy atom. The summed E-state index contributed by atoms with van der Waals surface area (Å²) in [6, 6.07) is 1.91. The topological polar surface area (TPSA) is 35.7 Å². The third-order valence-corrected chi connectivity index (χ3v) is 3.70. The fourth-order valence-corrected chi connectivity index (χ4v) is 1.81. The first kappa shape index (κ1) is 13.1. The standard InChI is InChI=1S/C13H17BN2O2/c1-9-7-10(8-16-11(9)15-6)14-17-12(2,3)13(4,5)18-14/h7-8H,1-5H3. The molecule has 0 spiro atoms. The second-order valence-electron chi connectivity index (χ2n) is 5.61. The molecule has 4 nitrogen and oxygen atoms in total. The zero-order valence-corrected chi connectivity index (χ0v) is 11.4. The highest BCUT2D eigenvalue weighted by molar-refractivity contribution is 6.62. The molecule has 1 aromatic heterocycles. The molecule has 5 heteroatoms. The Hall–Kier alpha value is -1.38. The van der Waals surface area contributed by atoms with Crippen LogP contribution in [0.1, 0.15) is 33.3 Å². The average molecular weight is 244 g/mol. The Morgan fingerprint density at radius 3 is 2.22 bits per heavy atom. The molecule has 1 aliphatic rings. The van der Waals surface area contributed by atoms with Crippen LogP contribution < -0.4 is 5.46 Å². The van der Waals surface area contributed by atoms with Gasteiger partial charge in [-0.1, -0.05) is 12.6 Å². The maximum absolute atomic E-state index is 6.99. The summed E-state index contributed by atoms with van der Waals surface area (Å²) in [5.41, 5.74) is 0.990. The SMILES string of the molecule is [C-]#[N+]c1ncc(B2OC(C)(C)C(C)(C)O2)cc1C. The molecule has 0 radical (unpaired) electrons. The summed E-state index contributed by atoms with van der Waals surface area (Å²) in [6.07, 6.45) is 1.66. The maximum atomic E-state index is 6.99. The largest absolute Gasteiger partial charge is 0.498 e. The number of rotatable bonds is 1. The lowest BCUT2D eigenvalue weighted by Gasteiger charge is -2.32. The van der Waals surface area contributed by atoms with Crippen molar-refractivity contribution in [1.82, 2.24) is 4.98 Å². The summed E-state index contributed by atoms with van der Waals surface area (Å²) in [5, 5.41) is 0. The van der Waals surface area contributed by atoms with Crippen LogP contribution in [-0.4, -0.2) is 23.3 Å². The van der Waals surface area contributed by atoms with Gasteiger partial charge in [0.25, 0.3) is 5.82 Å². The first-order chi connectivity index (χ1) is 8.27. The summed E-state index contributed by atoms with van der Waals surface area (Å²) < 4.78 is 11.9. The molecule has 0 bridgehead atoms. The number of pyridine rings is 1. The molecular formula is C13H17BN2O2. The number of hydrogen-bond acceptors (Lipinski definition) is 3. The van der Waals surface area contributed by atoms with Gasteiger partial charge in [0.05, 0.1) is 11.2 Å². The summed E-state index contributed by atoms with van der Waals surface area (Å²) >= 11 is 0. The number of nitrogens with zero attached hydrogens (tertiary/aromatic N) is 2. The van der Waals surface area contributed by atoms with Gasteiger partial charge in [-0.3, -0.25) is 0 Å². The normalized spacial score (nSPS) is 20.8. The summed E-state index contributed by atoms with van der Waals surface area (Å²) in [7, 11) is -0.416. The Morgan fingerprint density at radius 1 is 1.22 bits per heavy atom. The van der Waals surface area contributed by atoms with Gasteiger partial charge in [0.1, 0.15) is 6.20 Å². The van der Waals surface area contributed by atoms with Crippen LogP contribution >= 0.6 is 0 Å². The van der Waals surface area contributed by atoms with Gasteiger partial charge in [-0.25, -0.2) is 0 Å². The van der Waals surface area contributed by atoms with Gasteiger partial charge in [0, 0.05) is 5.46 Å². The Kier molecular flexibility index (Phi) is 2.96. The van der Waals surface area contributed by atoms with Crippen molar-refractivity contribution in [1.29, 1.82) is 0 Å². The van der Waals surface area contributed by atoms with E-state index in [2.05, 4.69) is 9.83 Å². The van der Waals surface area contributed by atoms with Gasteiger partial charge in [0.15, 0.2) is 0 Å². The first-order valence-corrected chi connectivity index (χ1v) is 5.96. The molecule has 0 unspecified atom stereocenters. The molecular weight excluding hydrogens is 227 g/mol. The quantitative estimate of drug-likeness (QED) is 0.561. The lowest BCUT2D eigenvalue weighted by Crippen LogP contribution is -2.41. The van der Waals surface area contributed by atoms with Crippen LogP contribution in [0.25, 0.3) is 4.85 Å². The second-order valence-corrected chi connectivity index (χ2v) is 5.61. The van der Waals surface area contributed by atoms with Gasteiger partial charge < -0.3 is 14.2 Å². The molecule has 0 aromatic carbocycles. The number of aromatic nitrogens is 1. The van der Waals surface area contributed by atoms with Gasteiger partial charge >= 0.3 is 7.12 Å². The Labute approximate surface area is 108 Å². The minimum atomic E-state index is -0.416. The second kappa shape index (κ2) is 4.08. The summed E-state index contributed by atoms with van der Waals surface area (Å²) in [6.45, 7) is 16.9. The van der Waals surface area contributed by atoms with Crippen molar-refractivity contribution in [2.75, 3.05) is 0 Å². The van der Waals surface area contributed by atoms with Crippen LogP contribution in [0.3, 0.4) is 0 Å². The van der Waals surface area contributed by atoms with E-state index in [0.29, 0.717) is 5.82 Å². The third-order valence-electron chi connectivity index (χ3n) is 3.70. The van der Waals surface area contributed by atoms with Crippen LogP contribution in [0.2, 0.25) is 0 Å². The van der Waals surface area contributed by atoms with Gasteiger partial charge in [-0.15, -0.1) is 4.98 Å². The highest BCUT2D eigenvalue weighted by Crippen LogP contribution is 2.36. The van der Waals surface area contributed by atoms with Crippen LogP contribution in [0.5, 0.6) is 0 Å². The highest BCUT2D eigenvalue weighted by Gasteiger charge is 2.52. The monoisotopic (exact) mass is 244 g/mol. The van der Waals surface area contributed by atoms with E-state index < -0.39 is 7.12 Å². The number of aryl methyl sites for hydroxylation is 1. The summed E-state index contributed by atoms with van der Waals surface area (Å²) in [5.74, 6) is 0.426. The minimum Gasteiger partial charge on any atom is -0.399 e. The van der Waals surface area contributed by atoms with Crippen molar-refractivity contribution in [3.63, 3.8) is 0 Å². The van der Waals surface area contributed by atoms with E-state index in [1.165, 1.54) is 0 Å². The first-order valence-electron chi connectivity index (χ1n) is 5.96. The predicted molar refractivity (Wildman–Crippen MR) is 71.0 cm³/mol. The molecule has 1 fully saturated rings. The Balaban J connectivity index is 2.31. The van der Waals surface area contributed by atoms with Crippen molar-refractivity contribution in [3.05, 3.63) is 29.2 Å². The van der Waals surface area contributed by atoms with Crippen molar-refractivity contribution >= 4 is 18.4 Å². The van der Waals surface area contributed by atoms with Crippen molar-refractivity contribution < 1.29 is 9.31 Å². The fourth-order valence-electron chi connectivity index (χ4n) is 1.81. The maximum Gasteiger partial charge on any atom is 0.498 e. The van der Waals surface area contributed by atoms with E-state index in [4.69, 9.17) is 15.9 Å². The van der Waals surface area contributed by atoms with Gasteiger partial charge in [-0.2, -0.15) is 0 Å². The smallest absolute Gasteiger partial charge is 0.399 e. The fraction of sp³-hybridized carbons (Fsp3) is 0.538. The molecule has 0 atom stereocenters. The lowest BCUT2D eigenvalue weighted by molar-refractivity contribution is 0.00578. The molecule has 18 heavy (non-hydrogen) atoms. The van der Waals surface area contributed by atoms with Crippen LogP contribution in [-0.2, 0) is 9.31 Å². The van der Waals surface area contributed by atoms with Crippen molar-refractivity contribution in [2.45, 2.75) is 45.8 Å². The molecule has 1 saturated heterocycles. The zero-order valence-electron chi connectivity index (χ0n) is 11.4. The van der Waals surface area contributed by atoms with Crippen LogP contribution in [0, 0.1) is 13.5 Å². The molecule has 94 valence electrons. The minimum absolute atomic E-state index is 0.357. The van der Waals surface area contributed by atoms with E-state index in [1.807, 2.05) is 40.7 Å². The molecule has 1 aromatic rings. The molecule has 2 rings (SSSR count). The lowest BCUT2D eigenvalue weighted by atomic mass is 9.80. The molecule has 0 saturated carbocycles. The van der Waals surface area contributed by atoms with Gasteiger partial charge in [0.2, 0.25) is 0 Å². The van der Waals surface area contributed by atoms with Crippen LogP contribution in [0.15, 0.2) is 12.3 Å². The zero-order chi connectivity index (χ0) is 13.6. The highest BCUT2D eigenvalue weighted by atomic mass is 16.7. The van der Waals surface area contributed by atoms with Crippen molar-refractivity contribution in [3.8, 4) is 0 Å². The summed E-state index contributed by atoms with van der Waals surface area (Å²) in [4.78, 5) is 7.47. The molecule has 1 aliphatic heterocycles. The van der Waals surface area contributed by atoms with Crippen LogP contribution in [0.4, 0.5) is 5.82 Å². The van der Waals surface area contributed by atoms with E-state index in [9.17, 15) is 0 Å². The third kappa shape index (κ3) is 2.02. The Bertz CT molecular complexity index is 504. The average Bonchev–Trinajstić information content (AvgIpc) is 2.48. The molecule has 0 aliphatic carbocycles. The van der Waals surface area contributed by atoms with E-state index >= 15 is 0 Å².